The predicted molar refractivity (Wildman–Crippen MR) is 84.1 cm³/mol. The fraction of sp³-hybridized carbons (Fsp3) is 0. The van der Waals surface area contributed by atoms with Crippen LogP contribution >= 0.6 is 43.5 Å². The van der Waals surface area contributed by atoms with E-state index in [-0.39, 0.29) is 15.6 Å². The molecule has 106 valence electrons. The highest BCUT2D eigenvalue weighted by Gasteiger charge is 2.19. The van der Waals surface area contributed by atoms with E-state index in [0.29, 0.717) is 8.95 Å². The van der Waals surface area contributed by atoms with Gasteiger partial charge in [0, 0.05) is 8.95 Å². The molecule has 8 heteroatoms. The van der Waals surface area contributed by atoms with Crippen LogP contribution in [0.1, 0.15) is 0 Å². The Labute approximate surface area is 137 Å². The maximum atomic E-state index is 13.0. The Bertz CT molecular complexity index is 768. The van der Waals surface area contributed by atoms with Crippen LogP contribution in [0.2, 0.25) is 5.02 Å². The molecule has 0 atom stereocenters. The van der Waals surface area contributed by atoms with Crippen LogP contribution in [0, 0.1) is 5.82 Å². The Morgan fingerprint density at radius 2 is 1.80 bits per heavy atom. The van der Waals surface area contributed by atoms with Crippen molar-refractivity contribution in [1.29, 1.82) is 0 Å². The number of halogens is 4. The molecule has 0 aromatic heterocycles. The zero-order valence-corrected chi connectivity index (χ0v) is 14.4. The average molecular weight is 444 g/mol. The number of hydrogen-bond donors (Lipinski definition) is 1. The highest BCUT2D eigenvalue weighted by Crippen LogP contribution is 2.29. The second-order valence-electron chi connectivity index (χ2n) is 3.80. The molecule has 0 saturated heterocycles. The Kier molecular flexibility index (Phi) is 4.73. The second kappa shape index (κ2) is 6.01. The Balaban J connectivity index is 2.41. The monoisotopic (exact) mass is 441 g/mol. The third-order valence-electron chi connectivity index (χ3n) is 2.36. The van der Waals surface area contributed by atoms with Gasteiger partial charge in [-0.25, -0.2) is 12.8 Å². The molecule has 0 fully saturated rings. The van der Waals surface area contributed by atoms with Gasteiger partial charge in [0.25, 0.3) is 10.0 Å². The summed E-state index contributed by atoms with van der Waals surface area (Å²) in [7, 11) is -3.85. The van der Waals surface area contributed by atoms with Gasteiger partial charge in [0.2, 0.25) is 0 Å². The van der Waals surface area contributed by atoms with Crippen molar-refractivity contribution in [2.75, 3.05) is 4.72 Å². The van der Waals surface area contributed by atoms with E-state index in [0.717, 1.165) is 6.07 Å². The van der Waals surface area contributed by atoms with Gasteiger partial charge in [-0.2, -0.15) is 0 Å². The average Bonchev–Trinajstić information content (AvgIpc) is 2.32. The Morgan fingerprint density at radius 1 is 1.10 bits per heavy atom. The van der Waals surface area contributed by atoms with Gasteiger partial charge in [0.1, 0.15) is 10.7 Å². The normalized spacial score (nSPS) is 11.4. The van der Waals surface area contributed by atoms with E-state index in [1.807, 2.05) is 0 Å². The first kappa shape index (κ1) is 15.8. The summed E-state index contributed by atoms with van der Waals surface area (Å²) >= 11 is 12.2. The Morgan fingerprint density at radius 3 is 2.40 bits per heavy atom. The fourth-order valence-corrected chi connectivity index (χ4v) is 4.16. The SMILES string of the molecule is O=S(=O)(Nc1ccc(F)cc1Br)c1ccc(Br)cc1Cl. The molecule has 0 saturated carbocycles. The molecule has 0 spiro atoms. The molecule has 20 heavy (non-hydrogen) atoms. The van der Waals surface area contributed by atoms with Gasteiger partial charge in [0.15, 0.2) is 0 Å². The summed E-state index contributed by atoms with van der Waals surface area (Å²) in [5, 5.41) is 0.0881. The smallest absolute Gasteiger partial charge is 0.263 e. The van der Waals surface area contributed by atoms with Gasteiger partial charge in [-0.15, -0.1) is 0 Å². The molecule has 2 rings (SSSR count). The molecule has 0 aliphatic heterocycles. The van der Waals surface area contributed by atoms with Crippen molar-refractivity contribution < 1.29 is 12.8 Å². The van der Waals surface area contributed by atoms with Crippen molar-refractivity contribution in [3.05, 3.63) is 56.2 Å². The van der Waals surface area contributed by atoms with Crippen LogP contribution in [0.3, 0.4) is 0 Å². The largest absolute Gasteiger partial charge is 0.278 e. The number of rotatable bonds is 3. The van der Waals surface area contributed by atoms with Crippen LogP contribution in [0.15, 0.2) is 50.2 Å². The summed E-state index contributed by atoms with van der Waals surface area (Å²) < 4.78 is 40.8. The lowest BCUT2D eigenvalue weighted by molar-refractivity contribution is 0.601. The van der Waals surface area contributed by atoms with Crippen molar-refractivity contribution in [3.63, 3.8) is 0 Å². The summed E-state index contributed by atoms with van der Waals surface area (Å²) in [6.07, 6.45) is 0. The van der Waals surface area contributed by atoms with E-state index in [1.165, 1.54) is 24.3 Å². The summed E-state index contributed by atoms with van der Waals surface area (Å²) in [5.74, 6) is -0.471. The molecule has 2 aromatic carbocycles. The van der Waals surface area contributed by atoms with Crippen molar-refractivity contribution in [1.82, 2.24) is 0 Å². The summed E-state index contributed by atoms with van der Waals surface area (Å²) in [5.41, 5.74) is 0.227. The first-order valence-corrected chi connectivity index (χ1v) is 8.67. The van der Waals surface area contributed by atoms with Gasteiger partial charge in [-0.05, 0) is 52.3 Å². The summed E-state index contributed by atoms with van der Waals surface area (Å²) in [4.78, 5) is -0.0569. The van der Waals surface area contributed by atoms with Crippen LogP contribution in [0.5, 0.6) is 0 Å². The minimum Gasteiger partial charge on any atom is -0.278 e. The lowest BCUT2D eigenvalue weighted by Crippen LogP contribution is -2.13. The van der Waals surface area contributed by atoms with Crippen LogP contribution in [0.4, 0.5) is 10.1 Å². The zero-order chi connectivity index (χ0) is 14.9. The molecule has 0 aliphatic carbocycles. The standard InChI is InChI=1S/C12H7Br2ClFNO2S/c13-7-1-4-12(10(15)5-7)20(18,19)17-11-3-2-8(16)6-9(11)14/h1-6,17H. The molecular weight excluding hydrogens is 436 g/mol. The van der Waals surface area contributed by atoms with Crippen LogP contribution in [-0.4, -0.2) is 8.42 Å². The number of sulfonamides is 1. The van der Waals surface area contributed by atoms with E-state index in [2.05, 4.69) is 36.6 Å². The third-order valence-corrected chi connectivity index (χ3v) is 5.36. The van der Waals surface area contributed by atoms with Gasteiger partial charge in [-0.1, -0.05) is 27.5 Å². The molecule has 0 aliphatic rings. The van der Waals surface area contributed by atoms with E-state index in [4.69, 9.17) is 11.6 Å². The number of anilines is 1. The zero-order valence-electron chi connectivity index (χ0n) is 9.70. The first-order chi connectivity index (χ1) is 9.29. The van der Waals surface area contributed by atoms with Gasteiger partial charge >= 0.3 is 0 Å². The van der Waals surface area contributed by atoms with Crippen molar-refractivity contribution in [3.8, 4) is 0 Å². The molecule has 0 amide bonds. The quantitative estimate of drug-likeness (QED) is 0.741. The van der Waals surface area contributed by atoms with Crippen molar-refractivity contribution in [2.24, 2.45) is 0 Å². The van der Waals surface area contributed by atoms with E-state index in [9.17, 15) is 12.8 Å². The molecule has 2 aromatic rings. The molecule has 1 N–H and O–H groups in total. The molecule has 3 nitrogen and oxygen atoms in total. The van der Waals surface area contributed by atoms with E-state index in [1.54, 1.807) is 6.07 Å². The Hall–Kier alpha value is -0.630. The third kappa shape index (κ3) is 3.52. The van der Waals surface area contributed by atoms with Crippen LogP contribution in [-0.2, 0) is 10.0 Å². The lowest BCUT2D eigenvalue weighted by Gasteiger charge is -2.11. The van der Waals surface area contributed by atoms with Gasteiger partial charge in [-0.3, -0.25) is 4.72 Å². The number of benzene rings is 2. The first-order valence-electron chi connectivity index (χ1n) is 5.22. The molecular formula is C12H7Br2ClFNO2S. The fourth-order valence-electron chi connectivity index (χ4n) is 1.47. The van der Waals surface area contributed by atoms with Gasteiger partial charge in [0.05, 0.1) is 10.7 Å². The van der Waals surface area contributed by atoms with Crippen molar-refractivity contribution >= 4 is 59.2 Å². The van der Waals surface area contributed by atoms with E-state index < -0.39 is 15.8 Å². The predicted octanol–water partition coefficient (Wildman–Crippen LogP) is 4.80. The molecule has 0 radical (unpaired) electrons. The topological polar surface area (TPSA) is 46.2 Å². The second-order valence-corrected chi connectivity index (χ2v) is 7.63. The number of nitrogens with one attached hydrogen (secondary N) is 1. The highest BCUT2D eigenvalue weighted by molar-refractivity contribution is 9.10. The molecule has 0 heterocycles. The summed E-state index contributed by atoms with van der Waals surface area (Å²) in [6, 6.07) is 8.08. The maximum Gasteiger partial charge on any atom is 0.263 e. The molecule has 0 bridgehead atoms. The molecule has 0 unspecified atom stereocenters. The summed E-state index contributed by atoms with van der Waals surface area (Å²) in [6.45, 7) is 0. The number of hydrogen-bond acceptors (Lipinski definition) is 2. The van der Waals surface area contributed by atoms with Gasteiger partial charge < -0.3 is 0 Å². The minimum atomic E-state index is -3.85. The lowest BCUT2D eigenvalue weighted by atomic mass is 10.3. The van der Waals surface area contributed by atoms with E-state index >= 15 is 0 Å². The van der Waals surface area contributed by atoms with Crippen LogP contribution in [0.25, 0.3) is 0 Å². The minimum absolute atomic E-state index is 0.0569. The van der Waals surface area contributed by atoms with Crippen LogP contribution < -0.4 is 4.72 Å². The van der Waals surface area contributed by atoms with Crippen molar-refractivity contribution in [2.45, 2.75) is 4.90 Å². The maximum absolute atomic E-state index is 13.0. The highest BCUT2D eigenvalue weighted by atomic mass is 79.9.